The fourth-order valence-electron chi connectivity index (χ4n) is 9.62. The molecule has 178 valence electrons. The van der Waals surface area contributed by atoms with Crippen molar-refractivity contribution in [3.63, 3.8) is 0 Å². The minimum atomic E-state index is -1.06. The second kappa shape index (κ2) is 8.90. The molecule has 1 N–H and O–H groups in total. The maximum absolute atomic E-state index is 11.5. The van der Waals surface area contributed by atoms with Crippen molar-refractivity contribution in [1.82, 2.24) is 0 Å². The van der Waals surface area contributed by atoms with Crippen molar-refractivity contribution in [2.24, 2.45) is 52.3 Å². The topological polar surface area (TPSA) is 46.5 Å². The van der Waals surface area contributed by atoms with Gasteiger partial charge in [-0.05, 0) is 105 Å². The highest BCUT2D eigenvalue weighted by molar-refractivity contribution is 5.57. The number of carboxylic acid groups (broad SMARTS) is 1. The zero-order chi connectivity index (χ0) is 22.4. The molecule has 0 bridgehead atoms. The van der Waals surface area contributed by atoms with Crippen LogP contribution in [0.1, 0.15) is 112 Å². The Morgan fingerprint density at radius 3 is 2.45 bits per heavy atom. The Morgan fingerprint density at radius 2 is 1.74 bits per heavy atom. The molecule has 0 aliphatic heterocycles. The maximum atomic E-state index is 11.5. The molecule has 4 aliphatic rings. The van der Waals surface area contributed by atoms with E-state index in [2.05, 4.69) is 34.6 Å². The highest BCUT2D eigenvalue weighted by Crippen LogP contribution is 2.68. The van der Waals surface area contributed by atoms with Gasteiger partial charge in [-0.15, -0.1) is 0 Å². The number of hydrogen-bond acceptors (Lipinski definition) is 2. The largest absolute Gasteiger partial charge is 0.506 e. The van der Waals surface area contributed by atoms with Crippen LogP contribution in [-0.2, 0) is 4.74 Å². The van der Waals surface area contributed by atoms with E-state index >= 15 is 0 Å². The second-order valence-corrected chi connectivity index (χ2v) is 12.9. The standard InChI is InChI=1S/C28H48O3/c1-18(2)8-6-9-19(3)22-14-15-23-21-13-12-20-10-7-11-25(31-26(29)30)28(20,5)24(21)16-17-27(22,23)4/h18-25H,6-17H2,1-5H3,(H,29,30)/t19-,20+,21+,22-,23-,24-,25?,27+,28-/m0/s1. The summed E-state index contributed by atoms with van der Waals surface area (Å²) in [5, 5.41) is 9.44. The van der Waals surface area contributed by atoms with Crippen LogP contribution in [-0.4, -0.2) is 17.4 Å². The van der Waals surface area contributed by atoms with E-state index in [4.69, 9.17) is 4.74 Å². The molecule has 4 rings (SSSR count). The van der Waals surface area contributed by atoms with Gasteiger partial charge in [0.2, 0.25) is 0 Å². The molecular weight excluding hydrogens is 384 g/mol. The van der Waals surface area contributed by atoms with Gasteiger partial charge >= 0.3 is 6.16 Å². The monoisotopic (exact) mass is 432 g/mol. The lowest BCUT2D eigenvalue weighted by Gasteiger charge is -2.62. The van der Waals surface area contributed by atoms with E-state index in [1.807, 2.05) is 0 Å². The smallest absolute Gasteiger partial charge is 0.450 e. The highest BCUT2D eigenvalue weighted by atomic mass is 16.7. The normalized spacial score (nSPS) is 45.5. The van der Waals surface area contributed by atoms with Crippen molar-refractivity contribution in [1.29, 1.82) is 0 Å². The van der Waals surface area contributed by atoms with Crippen LogP contribution in [0.4, 0.5) is 4.79 Å². The average molecular weight is 433 g/mol. The SMILES string of the molecule is CC(C)CCC[C@H](C)[C@@H]1CC[C@H]2[C@H]3CC[C@H]4CCCC(OC(=O)O)[C@]4(C)[C@H]3CC[C@@]21C. The minimum Gasteiger partial charge on any atom is -0.450 e. The molecule has 31 heavy (non-hydrogen) atoms. The molecule has 3 heteroatoms. The number of hydrogen-bond donors (Lipinski definition) is 1. The van der Waals surface area contributed by atoms with Crippen LogP contribution in [0, 0.1) is 52.3 Å². The van der Waals surface area contributed by atoms with Gasteiger partial charge in [0, 0.05) is 5.41 Å². The Hall–Kier alpha value is -0.730. The first-order valence-corrected chi connectivity index (χ1v) is 13.6. The molecule has 0 heterocycles. The van der Waals surface area contributed by atoms with Gasteiger partial charge < -0.3 is 9.84 Å². The Morgan fingerprint density at radius 1 is 0.968 bits per heavy atom. The fourth-order valence-corrected chi connectivity index (χ4v) is 9.62. The van der Waals surface area contributed by atoms with Gasteiger partial charge in [-0.25, -0.2) is 4.79 Å². The van der Waals surface area contributed by atoms with Crippen LogP contribution in [0.15, 0.2) is 0 Å². The lowest BCUT2D eigenvalue weighted by atomic mass is 9.44. The summed E-state index contributed by atoms with van der Waals surface area (Å²) in [5.74, 6) is 5.48. The summed E-state index contributed by atoms with van der Waals surface area (Å²) in [6, 6.07) is 0. The predicted molar refractivity (Wildman–Crippen MR) is 126 cm³/mol. The molecule has 0 radical (unpaired) electrons. The first-order valence-electron chi connectivity index (χ1n) is 13.6. The number of carbonyl (C=O) groups is 1. The van der Waals surface area contributed by atoms with E-state index in [1.165, 1.54) is 64.2 Å². The molecule has 0 amide bonds. The molecule has 0 aromatic rings. The molecule has 0 aromatic carbocycles. The molecule has 4 saturated carbocycles. The molecule has 0 aromatic heterocycles. The van der Waals surface area contributed by atoms with Gasteiger partial charge in [0.15, 0.2) is 0 Å². The van der Waals surface area contributed by atoms with Gasteiger partial charge in [0.1, 0.15) is 6.10 Å². The summed E-state index contributed by atoms with van der Waals surface area (Å²) in [6.45, 7) is 12.3. The van der Waals surface area contributed by atoms with Gasteiger partial charge in [-0.1, -0.05) is 53.9 Å². The van der Waals surface area contributed by atoms with E-state index in [-0.39, 0.29) is 11.5 Å². The van der Waals surface area contributed by atoms with Gasteiger partial charge in [-0.2, -0.15) is 0 Å². The van der Waals surface area contributed by atoms with Crippen LogP contribution < -0.4 is 0 Å². The molecule has 4 fully saturated rings. The lowest BCUT2D eigenvalue weighted by Crippen LogP contribution is -2.58. The van der Waals surface area contributed by atoms with E-state index in [1.54, 1.807) is 0 Å². The van der Waals surface area contributed by atoms with Gasteiger partial charge in [-0.3, -0.25) is 0 Å². The Balaban J connectivity index is 1.51. The number of fused-ring (bicyclic) bond motifs is 5. The van der Waals surface area contributed by atoms with Crippen LogP contribution >= 0.6 is 0 Å². The molecule has 0 saturated heterocycles. The van der Waals surface area contributed by atoms with Crippen molar-refractivity contribution in [2.45, 2.75) is 118 Å². The second-order valence-electron chi connectivity index (χ2n) is 12.9. The van der Waals surface area contributed by atoms with Gasteiger partial charge in [0.25, 0.3) is 0 Å². The summed E-state index contributed by atoms with van der Waals surface area (Å²) < 4.78 is 5.59. The minimum absolute atomic E-state index is 0.0574. The lowest BCUT2D eigenvalue weighted by molar-refractivity contribution is -0.169. The first kappa shape index (κ1) is 23.4. The van der Waals surface area contributed by atoms with Crippen molar-refractivity contribution < 1.29 is 14.6 Å². The van der Waals surface area contributed by atoms with Crippen LogP contribution in [0.2, 0.25) is 0 Å². The molecule has 3 nitrogen and oxygen atoms in total. The van der Waals surface area contributed by atoms with E-state index in [0.29, 0.717) is 17.3 Å². The first-order chi connectivity index (χ1) is 14.7. The van der Waals surface area contributed by atoms with Crippen molar-refractivity contribution in [3.05, 3.63) is 0 Å². The number of ether oxygens (including phenoxy) is 1. The Labute approximate surface area is 191 Å². The Bertz CT molecular complexity index is 644. The summed E-state index contributed by atoms with van der Waals surface area (Å²) in [5.41, 5.74) is 0.557. The summed E-state index contributed by atoms with van der Waals surface area (Å²) >= 11 is 0. The highest BCUT2D eigenvalue weighted by Gasteiger charge is 2.62. The zero-order valence-electron chi connectivity index (χ0n) is 20.9. The molecular formula is C28H48O3. The molecule has 1 unspecified atom stereocenters. The quantitative estimate of drug-likeness (QED) is 0.430. The summed E-state index contributed by atoms with van der Waals surface area (Å²) in [6.07, 6.45) is 14.5. The predicted octanol–water partition coefficient (Wildman–Crippen LogP) is 8.17. The van der Waals surface area contributed by atoms with Crippen molar-refractivity contribution >= 4 is 6.16 Å². The fraction of sp³-hybridized carbons (Fsp3) is 0.964. The van der Waals surface area contributed by atoms with Gasteiger partial charge in [0.05, 0.1) is 0 Å². The third-order valence-corrected chi connectivity index (χ3v) is 11.1. The summed E-state index contributed by atoms with van der Waals surface area (Å²) in [7, 11) is 0. The van der Waals surface area contributed by atoms with E-state index in [9.17, 15) is 9.90 Å². The number of rotatable bonds is 6. The third kappa shape index (κ3) is 4.05. The Kier molecular flexibility index (Phi) is 6.73. The molecule has 4 aliphatic carbocycles. The zero-order valence-corrected chi connectivity index (χ0v) is 20.9. The third-order valence-electron chi connectivity index (χ3n) is 11.1. The average Bonchev–Trinajstić information content (AvgIpc) is 3.05. The molecule has 9 atom stereocenters. The van der Waals surface area contributed by atoms with E-state index < -0.39 is 6.16 Å². The van der Waals surface area contributed by atoms with E-state index in [0.717, 1.165) is 42.4 Å². The van der Waals surface area contributed by atoms with Crippen LogP contribution in [0.25, 0.3) is 0 Å². The van der Waals surface area contributed by atoms with Crippen molar-refractivity contribution in [3.8, 4) is 0 Å². The summed E-state index contributed by atoms with van der Waals surface area (Å²) in [4.78, 5) is 11.5. The molecule has 0 spiro atoms. The maximum Gasteiger partial charge on any atom is 0.506 e. The van der Waals surface area contributed by atoms with Crippen LogP contribution in [0.3, 0.4) is 0 Å². The van der Waals surface area contributed by atoms with Crippen molar-refractivity contribution in [2.75, 3.05) is 0 Å². The van der Waals surface area contributed by atoms with Crippen LogP contribution in [0.5, 0.6) is 0 Å².